The summed E-state index contributed by atoms with van der Waals surface area (Å²) < 4.78 is 64.9. The highest BCUT2D eigenvalue weighted by molar-refractivity contribution is 6.15. The van der Waals surface area contributed by atoms with Gasteiger partial charge in [-0.3, -0.25) is 4.79 Å². The van der Waals surface area contributed by atoms with Gasteiger partial charge in [0.2, 0.25) is 0 Å². The maximum Gasteiger partial charge on any atom is 0.459 e. The fourth-order valence-electron chi connectivity index (χ4n) is 1.90. The monoisotopic (exact) mass is 346 g/mol. The van der Waals surface area contributed by atoms with Crippen molar-refractivity contribution in [1.82, 2.24) is 20.0 Å². The summed E-state index contributed by atoms with van der Waals surface area (Å²) in [7, 11) is 0. The van der Waals surface area contributed by atoms with E-state index in [1.807, 2.05) is 0 Å². The molecule has 0 fully saturated rings. The molecule has 0 atom stereocenters. The van der Waals surface area contributed by atoms with Crippen LogP contribution in [-0.2, 0) is 4.79 Å². The number of carbonyl (C=O) groups is 1. The topological polar surface area (TPSA) is 76.3 Å². The van der Waals surface area contributed by atoms with Crippen molar-refractivity contribution in [3.63, 3.8) is 0 Å². The van der Waals surface area contributed by atoms with Crippen LogP contribution in [0.25, 0.3) is 5.82 Å². The van der Waals surface area contributed by atoms with Crippen LogP contribution in [0.15, 0.2) is 35.7 Å². The maximum absolute atomic E-state index is 13.3. The molecular weight excluding hydrogens is 339 g/mol. The lowest BCUT2D eigenvalue weighted by molar-refractivity contribution is -0.249. The van der Waals surface area contributed by atoms with Gasteiger partial charge in [0.15, 0.2) is 11.6 Å². The van der Waals surface area contributed by atoms with Crippen molar-refractivity contribution in [2.24, 2.45) is 5.10 Å². The number of halogens is 5. The van der Waals surface area contributed by atoms with E-state index in [-0.39, 0.29) is 11.6 Å². The van der Waals surface area contributed by atoms with E-state index in [0.717, 1.165) is 0 Å². The first-order valence-electron chi connectivity index (χ1n) is 6.39. The van der Waals surface area contributed by atoms with Gasteiger partial charge >= 0.3 is 12.1 Å². The van der Waals surface area contributed by atoms with Crippen LogP contribution in [0.3, 0.4) is 0 Å². The predicted octanol–water partition coefficient (Wildman–Crippen LogP) is 1.95. The van der Waals surface area contributed by atoms with E-state index >= 15 is 0 Å². The molecular formula is C12H7F5N6O. The Kier molecular flexibility index (Phi) is 3.53. The third-order valence-corrected chi connectivity index (χ3v) is 3.09. The molecule has 12 heteroatoms. The van der Waals surface area contributed by atoms with Gasteiger partial charge in [-0.15, -0.1) is 10.2 Å². The summed E-state index contributed by atoms with van der Waals surface area (Å²) in [4.78, 5) is 11.7. The minimum absolute atomic E-state index is 0.264. The summed E-state index contributed by atoms with van der Waals surface area (Å²) in [6, 6.07) is 4.19. The summed E-state index contributed by atoms with van der Waals surface area (Å²) in [5.41, 5.74) is -1.59. The number of hydrogen-bond acceptors (Lipinski definition) is 5. The van der Waals surface area contributed by atoms with Crippen LogP contribution in [0.2, 0.25) is 0 Å². The maximum atomic E-state index is 13.3. The average Bonchev–Trinajstić information content (AvgIpc) is 3.16. The zero-order chi connectivity index (χ0) is 17.5. The quantitative estimate of drug-likeness (QED) is 0.796. The number of hydrogen-bond donors (Lipinski definition) is 0. The fraction of sp³-hybridized carbons (Fsp3) is 0.250. The number of rotatable bonds is 3. The highest BCUT2D eigenvalue weighted by Crippen LogP contribution is 2.39. The molecule has 1 aliphatic rings. The molecule has 0 saturated heterocycles. The van der Waals surface area contributed by atoms with Gasteiger partial charge < -0.3 is 0 Å². The first-order valence-corrected chi connectivity index (χ1v) is 6.39. The highest BCUT2D eigenvalue weighted by atomic mass is 19.4. The zero-order valence-corrected chi connectivity index (χ0v) is 11.6. The molecule has 3 heterocycles. The lowest BCUT2D eigenvalue weighted by atomic mass is 10.1. The van der Waals surface area contributed by atoms with Crippen molar-refractivity contribution in [3.05, 3.63) is 30.6 Å². The highest BCUT2D eigenvalue weighted by Gasteiger charge is 2.63. The standard InChI is InChI=1S/C12H7F5N6O/c13-11(14,12(15,16)17)7-6-10(24)23(21-7)9-3-2-8(19-20-9)22-5-1-4-18-22/h1-5H,6H2. The van der Waals surface area contributed by atoms with E-state index in [1.54, 1.807) is 12.3 Å². The number of aromatic nitrogens is 4. The van der Waals surface area contributed by atoms with Crippen LogP contribution in [0.1, 0.15) is 6.42 Å². The Morgan fingerprint density at radius 3 is 2.25 bits per heavy atom. The van der Waals surface area contributed by atoms with Crippen LogP contribution in [0.5, 0.6) is 0 Å². The van der Waals surface area contributed by atoms with E-state index in [9.17, 15) is 26.7 Å². The largest absolute Gasteiger partial charge is 0.459 e. The molecule has 0 aromatic carbocycles. The normalized spacial score (nSPS) is 15.8. The molecule has 0 unspecified atom stereocenters. The number of nitrogens with zero attached hydrogens (tertiary/aromatic N) is 6. The zero-order valence-electron chi connectivity index (χ0n) is 11.6. The molecule has 0 saturated carbocycles. The van der Waals surface area contributed by atoms with Crippen LogP contribution in [-0.4, -0.2) is 43.7 Å². The van der Waals surface area contributed by atoms with Gasteiger partial charge in [0.1, 0.15) is 5.71 Å². The van der Waals surface area contributed by atoms with Crippen molar-refractivity contribution >= 4 is 17.4 Å². The third-order valence-electron chi connectivity index (χ3n) is 3.09. The van der Waals surface area contributed by atoms with Crippen molar-refractivity contribution in [2.45, 2.75) is 18.5 Å². The Bertz CT molecular complexity index is 783. The van der Waals surface area contributed by atoms with E-state index < -0.39 is 30.1 Å². The number of anilines is 1. The van der Waals surface area contributed by atoms with Crippen molar-refractivity contribution in [1.29, 1.82) is 0 Å². The first kappa shape index (κ1) is 16.0. The molecule has 0 radical (unpaired) electrons. The average molecular weight is 346 g/mol. The molecule has 0 aliphatic carbocycles. The minimum atomic E-state index is -5.84. The summed E-state index contributed by atoms with van der Waals surface area (Å²) in [5.74, 6) is -6.26. The Morgan fingerprint density at radius 1 is 1.04 bits per heavy atom. The molecule has 0 spiro atoms. The summed E-state index contributed by atoms with van der Waals surface area (Å²) in [5, 5.41) is 14.6. The van der Waals surface area contributed by atoms with Crippen molar-refractivity contribution < 1.29 is 26.7 Å². The predicted molar refractivity (Wildman–Crippen MR) is 69.7 cm³/mol. The van der Waals surface area contributed by atoms with Gasteiger partial charge in [0.05, 0.1) is 6.42 Å². The number of hydrazone groups is 1. The van der Waals surface area contributed by atoms with Crippen molar-refractivity contribution in [2.75, 3.05) is 5.01 Å². The van der Waals surface area contributed by atoms with Gasteiger partial charge in [-0.25, -0.2) is 4.68 Å². The van der Waals surface area contributed by atoms with Crippen LogP contribution in [0, 0.1) is 0 Å². The molecule has 24 heavy (non-hydrogen) atoms. The van der Waals surface area contributed by atoms with Gasteiger partial charge in [0, 0.05) is 12.4 Å². The van der Waals surface area contributed by atoms with Crippen molar-refractivity contribution in [3.8, 4) is 5.82 Å². The second-order valence-electron chi connectivity index (χ2n) is 4.70. The van der Waals surface area contributed by atoms with Gasteiger partial charge in [0.25, 0.3) is 5.91 Å². The Morgan fingerprint density at radius 2 is 1.71 bits per heavy atom. The molecule has 7 nitrogen and oxygen atoms in total. The van der Waals surface area contributed by atoms with Crippen LogP contribution in [0.4, 0.5) is 27.8 Å². The van der Waals surface area contributed by atoms with E-state index in [4.69, 9.17) is 0 Å². The summed E-state index contributed by atoms with van der Waals surface area (Å²) in [6.07, 6.45) is -3.95. The molecule has 0 bridgehead atoms. The molecule has 2 aromatic heterocycles. The van der Waals surface area contributed by atoms with Gasteiger partial charge in [-0.2, -0.15) is 37.2 Å². The minimum Gasteiger partial charge on any atom is -0.272 e. The van der Waals surface area contributed by atoms with Gasteiger partial charge in [-0.05, 0) is 18.2 Å². The Hall–Kier alpha value is -2.92. The lowest BCUT2D eigenvalue weighted by Crippen LogP contribution is -2.43. The van der Waals surface area contributed by atoms with E-state index in [1.165, 1.54) is 23.0 Å². The molecule has 3 rings (SSSR count). The Labute approximate surface area is 130 Å². The molecule has 126 valence electrons. The molecule has 2 aromatic rings. The molecule has 1 amide bonds. The first-order chi connectivity index (χ1) is 11.2. The number of carbonyl (C=O) groups excluding carboxylic acids is 1. The Balaban J connectivity index is 1.88. The fourth-order valence-corrected chi connectivity index (χ4v) is 1.90. The SMILES string of the molecule is O=C1CC(C(F)(F)C(F)(F)F)=NN1c1ccc(-n2cccn2)nn1. The second kappa shape index (κ2) is 5.32. The third kappa shape index (κ3) is 2.59. The summed E-state index contributed by atoms with van der Waals surface area (Å²) in [6.45, 7) is 0. The summed E-state index contributed by atoms with van der Waals surface area (Å²) >= 11 is 0. The van der Waals surface area contributed by atoms with Gasteiger partial charge in [-0.1, -0.05) is 0 Å². The molecule has 1 aliphatic heterocycles. The lowest BCUT2D eigenvalue weighted by Gasteiger charge is -2.18. The van der Waals surface area contributed by atoms with Crippen LogP contribution < -0.4 is 5.01 Å². The number of amides is 1. The van der Waals surface area contributed by atoms with E-state index in [0.29, 0.717) is 5.01 Å². The van der Waals surface area contributed by atoms with Crippen LogP contribution >= 0.6 is 0 Å². The second-order valence-corrected chi connectivity index (χ2v) is 4.70. The smallest absolute Gasteiger partial charge is 0.272 e. The number of alkyl halides is 5. The molecule has 0 N–H and O–H groups in total. The van der Waals surface area contributed by atoms with E-state index in [2.05, 4.69) is 20.4 Å².